The molecule has 0 aliphatic rings. The molecule has 1 aromatic carbocycles. The Bertz CT molecular complexity index is 630. The Morgan fingerprint density at radius 3 is 2.62 bits per heavy atom. The number of nitrogen functional groups attached to an aromatic ring is 1. The number of nitrogens with one attached hydrogen (secondary N) is 1. The van der Waals surface area contributed by atoms with E-state index in [0.29, 0.717) is 16.4 Å². The fourth-order valence-electron chi connectivity index (χ4n) is 2.01. The summed E-state index contributed by atoms with van der Waals surface area (Å²) in [5.74, 6) is 5.64. The molecule has 1 aromatic heterocycles. The summed E-state index contributed by atoms with van der Waals surface area (Å²) >= 11 is 6.18. The molecule has 0 bridgehead atoms. The van der Waals surface area contributed by atoms with Crippen LogP contribution in [0.3, 0.4) is 0 Å². The fraction of sp³-hybridized carbons (Fsp3) is 0.200. The maximum atomic E-state index is 12.5. The van der Waals surface area contributed by atoms with Crippen molar-refractivity contribution in [2.75, 3.05) is 12.5 Å². The smallest absolute Gasteiger partial charge is 0.255 e. The van der Waals surface area contributed by atoms with Gasteiger partial charge in [-0.25, -0.2) is 10.8 Å². The normalized spacial score (nSPS) is 11.8. The lowest BCUT2D eigenvalue weighted by Gasteiger charge is -2.26. The summed E-state index contributed by atoms with van der Waals surface area (Å²) < 4.78 is 0. The highest BCUT2D eigenvalue weighted by molar-refractivity contribution is 6.31. The van der Waals surface area contributed by atoms with Gasteiger partial charge in [-0.15, -0.1) is 0 Å². The third kappa shape index (κ3) is 3.32. The molecule has 0 saturated carbocycles. The second kappa shape index (κ2) is 6.56. The van der Waals surface area contributed by atoms with Gasteiger partial charge in [0.1, 0.15) is 5.82 Å². The minimum absolute atomic E-state index is 0.126. The topological polar surface area (TPSA) is 71.2 Å². The van der Waals surface area contributed by atoms with Crippen molar-refractivity contribution in [2.24, 2.45) is 5.84 Å². The third-order valence-electron chi connectivity index (χ3n) is 3.41. The largest absolute Gasteiger partial charge is 0.335 e. The van der Waals surface area contributed by atoms with E-state index >= 15 is 0 Å². The molecule has 6 heteroatoms. The zero-order chi connectivity index (χ0) is 15.4. The lowest BCUT2D eigenvalue weighted by Crippen LogP contribution is -2.30. The maximum Gasteiger partial charge on any atom is 0.255 e. The van der Waals surface area contributed by atoms with E-state index in [1.807, 2.05) is 31.2 Å². The number of amides is 1. The Morgan fingerprint density at radius 2 is 2.05 bits per heavy atom. The van der Waals surface area contributed by atoms with Crippen molar-refractivity contribution in [3.8, 4) is 0 Å². The number of carbonyl (C=O) groups is 1. The SMILES string of the molecule is CC(c1ccccc1Cl)N(C)C(=O)c1ccc(NN)nc1. The van der Waals surface area contributed by atoms with Gasteiger partial charge in [-0.1, -0.05) is 29.8 Å². The maximum absolute atomic E-state index is 12.5. The molecule has 2 aromatic rings. The van der Waals surface area contributed by atoms with Crippen LogP contribution in [0.15, 0.2) is 42.6 Å². The van der Waals surface area contributed by atoms with E-state index in [1.165, 1.54) is 6.20 Å². The first-order chi connectivity index (χ1) is 10.0. The van der Waals surface area contributed by atoms with Gasteiger partial charge in [0.15, 0.2) is 0 Å². The van der Waals surface area contributed by atoms with Crippen LogP contribution in [0.4, 0.5) is 5.82 Å². The van der Waals surface area contributed by atoms with Crippen molar-refractivity contribution in [1.29, 1.82) is 0 Å². The number of pyridine rings is 1. The van der Waals surface area contributed by atoms with E-state index in [1.54, 1.807) is 24.1 Å². The molecule has 2 rings (SSSR count). The van der Waals surface area contributed by atoms with Crippen LogP contribution >= 0.6 is 11.6 Å². The summed E-state index contributed by atoms with van der Waals surface area (Å²) in [5, 5.41) is 0.644. The number of halogens is 1. The summed E-state index contributed by atoms with van der Waals surface area (Å²) in [5.41, 5.74) is 3.83. The second-order valence-electron chi connectivity index (χ2n) is 4.69. The van der Waals surface area contributed by atoms with E-state index < -0.39 is 0 Å². The third-order valence-corrected chi connectivity index (χ3v) is 3.76. The first-order valence-corrected chi connectivity index (χ1v) is 6.86. The predicted octanol–water partition coefficient (Wildman–Crippen LogP) is 2.85. The van der Waals surface area contributed by atoms with E-state index in [0.717, 1.165) is 5.56 Å². The minimum atomic E-state index is -0.140. The van der Waals surface area contributed by atoms with Gasteiger partial charge in [-0.3, -0.25) is 4.79 Å². The average Bonchev–Trinajstić information content (AvgIpc) is 2.53. The molecule has 1 unspecified atom stereocenters. The van der Waals surface area contributed by atoms with Gasteiger partial charge in [0.25, 0.3) is 5.91 Å². The number of hydrazine groups is 1. The van der Waals surface area contributed by atoms with Crippen LogP contribution in [0.1, 0.15) is 28.9 Å². The van der Waals surface area contributed by atoms with Crippen LogP contribution in [-0.4, -0.2) is 22.8 Å². The van der Waals surface area contributed by atoms with Crippen molar-refractivity contribution in [3.05, 3.63) is 58.7 Å². The molecule has 0 radical (unpaired) electrons. The number of hydrogen-bond donors (Lipinski definition) is 2. The minimum Gasteiger partial charge on any atom is -0.335 e. The van der Waals surface area contributed by atoms with Gasteiger partial charge in [0, 0.05) is 18.3 Å². The standard InChI is InChI=1S/C15H17ClN4O/c1-10(12-5-3-4-6-13(12)16)20(2)15(21)11-7-8-14(19-17)18-9-11/h3-10H,17H2,1-2H3,(H,18,19). The van der Waals surface area contributed by atoms with Gasteiger partial charge in [0.2, 0.25) is 0 Å². The predicted molar refractivity (Wildman–Crippen MR) is 84.0 cm³/mol. The molecule has 1 amide bonds. The molecule has 0 aliphatic carbocycles. The van der Waals surface area contributed by atoms with Gasteiger partial charge in [-0.05, 0) is 30.7 Å². The van der Waals surface area contributed by atoms with Crippen LogP contribution in [-0.2, 0) is 0 Å². The summed E-state index contributed by atoms with van der Waals surface area (Å²) in [6, 6.07) is 10.7. The molecular weight excluding hydrogens is 288 g/mol. The Hall–Kier alpha value is -2.11. The number of aromatic nitrogens is 1. The van der Waals surface area contributed by atoms with E-state index in [2.05, 4.69) is 10.4 Å². The van der Waals surface area contributed by atoms with Gasteiger partial charge in [-0.2, -0.15) is 0 Å². The Morgan fingerprint density at radius 1 is 1.33 bits per heavy atom. The van der Waals surface area contributed by atoms with Crippen LogP contribution in [0.2, 0.25) is 5.02 Å². The molecule has 3 N–H and O–H groups in total. The highest BCUT2D eigenvalue weighted by atomic mass is 35.5. The number of carbonyl (C=O) groups excluding carboxylic acids is 1. The molecule has 1 heterocycles. The molecule has 0 aliphatic heterocycles. The summed E-state index contributed by atoms with van der Waals surface area (Å²) in [6.45, 7) is 1.93. The van der Waals surface area contributed by atoms with Gasteiger partial charge >= 0.3 is 0 Å². The molecule has 110 valence electrons. The average molecular weight is 305 g/mol. The highest BCUT2D eigenvalue weighted by Gasteiger charge is 2.20. The molecule has 21 heavy (non-hydrogen) atoms. The summed E-state index contributed by atoms with van der Waals surface area (Å²) in [4.78, 5) is 18.1. The second-order valence-corrected chi connectivity index (χ2v) is 5.10. The van der Waals surface area contributed by atoms with Crippen molar-refractivity contribution in [3.63, 3.8) is 0 Å². The first kappa shape index (κ1) is 15.3. The Kier molecular flexibility index (Phi) is 4.77. The number of rotatable bonds is 4. The van der Waals surface area contributed by atoms with Gasteiger partial charge in [0.05, 0.1) is 11.6 Å². The van der Waals surface area contributed by atoms with Crippen molar-refractivity contribution < 1.29 is 4.79 Å². The van der Waals surface area contributed by atoms with E-state index in [9.17, 15) is 4.79 Å². The summed E-state index contributed by atoms with van der Waals surface area (Å²) in [6.07, 6.45) is 1.49. The number of nitrogens with zero attached hydrogens (tertiary/aromatic N) is 2. The fourth-order valence-corrected chi connectivity index (χ4v) is 2.30. The molecule has 0 saturated heterocycles. The monoisotopic (exact) mass is 304 g/mol. The lowest BCUT2D eigenvalue weighted by atomic mass is 10.1. The van der Waals surface area contributed by atoms with Crippen molar-refractivity contribution in [2.45, 2.75) is 13.0 Å². The van der Waals surface area contributed by atoms with Crippen molar-refractivity contribution >= 4 is 23.3 Å². The first-order valence-electron chi connectivity index (χ1n) is 6.49. The molecule has 1 atom stereocenters. The lowest BCUT2D eigenvalue weighted by molar-refractivity contribution is 0.0742. The Labute approximate surface area is 128 Å². The van der Waals surface area contributed by atoms with E-state index in [4.69, 9.17) is 17.4 Å². The molecule has 0 spiro atoms. The zero-order valence-corrected chi connectivity index (χ0v) is 12.6. The van der Waals surface area contributed by atoms with Crippen LogP contribution < -0.4 is 11.3 Å². The van der Waals surface area contributed by atoms with Crippen LogP contribution in [0.25, 0.3) is 0 Å². The molecule has 0 fully saturated rings. The quantitative estimate of drug-likeness (QED) is 0.673. The van der Waals surface area contributed by atoms with Crippen LogP contribution in [0, 0.1) is 0 Å². The zero-order valence-electron chi connectivity index (χ0n) is 11.9. The number of benzene rings is 1. The number of hydrogen-bond acceptors (Lipinski definition) is 4. The van der Waals surface area contributed by atoms with Crippen molar-refractivity contribution in [1.82, 2.24) is 9.88 Å². The summed E-state index contributed by atoms with van der Waals surface area (Å²) in [7, 11) is 1.74. The van der Waals surface area contributed by atoms with Crippen LogP contribution in [0.5, 0.6) is 0 Å². The number of anilines is 1. The molecular formula is C15H17ClN4O. The van der Waals surface area contributed by atoms with E-state index in [-0.39, 0.29) is 11.9 Å². The Balaban J connectivity index is 2.20. The number of nitrogens with two attached hydrogens (primary N) is 1. The molecule has 5 nitrogen and oxygen atoms in total. The van der Waals surface area contributed by atoms with Gasteiger partial charge < -0.3 is 10.3 Å². The highest BCUT2D eigenvalue weighted by Crippen LogP contribution is 2.27.